The molecule has 0 saturated carbocycles. The molecule has 0 aliphatic heterocycles. The van der Waals surface area contributed by atoms with E-state index in [-0.39, 0.29) is 12.5 Å². The van der Waals surface area contributed by atoms with Crippen LogP contribution in [0.25, 0.3) is 0 Å². The van der Waals surface area contributed by atoms with Crippen molar-refractivity contribution in [2.45, 2.75) is 13.8 Å². The van der Waals surface area contributed by atoms with E-state index < -0.39 is 0 Å². The molecule has 110 valence electrons. The van der Waals surface area contributed by atoms with Crippen LogP contribution in [-0.4, -0.2) is 19.6 Å². The van der Waals surface area contributed by atoms with Gasteiger partial charge in [0.05, 0.1) is 0 Å². The molecule has 0 aromatic heterocycles. The van der Waals surface area contributed by atoms with Crippen LogP contribution in [-0.2, 0) is 4.79 Å². The van der Waals surface area contributed by atoms with Crippen LogP contribution in [0.2, 0.25) is 0 Å². The number of benzene rings is 2. The number of hydrogen-bond acceptors (Lipinski definition) is 3. The smallest absolute Gasteiger partial charge is 0.264 e. The first-order valence-electron chi connectivity index (χ1n) is 6.79. The van der Waals surface area contributed by atoms with Crippen LogP contribution in [0.4, 0.5) is 11.4 Å². The Morgan fingerprint density at radius 2 is 1.81 bits per heavy atom. The van der Waals surface area contributed by atoms with Crippen molar-refractivity contribution in [3.8, 4) is 5.75 Å². The fraction of sp³-hybridized carbons (Fsp3) is 0.235. The molecule has 0 unspecified atom stereocenters. The lowest BCUT2D eigenvalue weighted by atomic mass is 10.1. The van der Waals surface area contributed by atoms with Crippen molar-refractivity contribution >= 4 is 17.3 Å². The van der Waals surface area contributed by atoms with E-state index in [1.807, 2.05) is 26.0 Å². The van der Waals surface area contributed by atoms with Crippen molar-refractivity contribution in [3.63, 3.8) is 0 Å². The number of aryl methyl sites for hydroxylation is 2. The summed E-state index contributed by atoms with van der Waals surface area (Å²) in [6, 6.07) is 13.1. The predicted molar refractivity (Wildman–Crippen MR) is 85.7 cm³/mol. The van der Waals surface area contributed by atoms with Crippen LogP contribution in [0.1, 0.15) is 11.1 Å². The lowest BCUT2D eigenvalue weighted by Crippen LogP contribution is -2.31. The normalized spacial score (nSPS) is 10.2. The average Bonchev–Trinajstić information content (AvgIpc) is 2.43. The lowest BCUT2D eigenvalue weighted by Gasteiger charge is -2.19. The molecule has 0 saturated heterocycles. The number of ether oxygens (including phenoxy) is 1. The topological polar surface area (TPSA) is 55.6 Å². The molecule has 4 heteroatoms. The Balaban J connectivity index is 2.02. The highest BCUT2D eigenvalue weighted by Gasteiger charge is 2.12. The van der Waals surface area contributed by atoms with Crippen LogP contribution in [0.5, 0.6) is 5.75 Å². The molecule has 0 fully saturated rings. The van der Waals surface area contributed by atoms with Gasteiger partial charge in [0.25, 0.3) is 5.91 Å². The SMILES string of the molecule is Cc1cc(C)cc(N(C)C(=O)COc2cccc(N)c2)c1. The predicted octanol–water partition coefficient (Wildman–Crippen LogP) is 2.93. The van der Waals surface area contributed by atoms with Crippen molar-refractivity contribution < 1.29 is 9.53 Å². The number of rotatable bonds is 4. The molecule has 0 heterocycles. The molecule has 2 aromatic carbocycles. The van der Waals surface area contributed by atoms with Gasteiger partial charge in [0, 0.05) is 24.5 Å². The Labute approximate surface area is 125 Å². The molecule has 0 atom stereocenters. The Kier molecular flexibility index (Phi) is 4.48. The number of anilines is 2. The van der Waals surface area contributed by atoms with E-state index in [1.54, 1.807) is 36.2 Å². The van der Waals surface area contributed by atoms with E-state index in [2.05, 4.69) is 6.07 Å². The van der Waals surface area contributed by atoms with Gasteiger partial charge in [-0.2, -0.15) is 0 Å². The molecule has 1 amide bonds. The van der Waals surface area contributed by atoms with Crippen molar-refractivity contribution in [2.75, 3.05) is 24.3 Å². The molecule has 21 heavy (non-hydrogen) atoms. The Bertz CT molecular complexity index is 633. The van der Waals surface area contributed by atoms with E-state index in [0.29, 0.717) is 11.4 Å². The highest BCUT2D eigenvalue weighted by atomic mass is 16.5. The number of likely N-dealkylation sites (N-methyl/N-ethyl adjacent to an activating group) is 1. The zero-order valence-corrected chi connectivity index (χ0v) is 12.6. The first kappa shape index (κ1) is 14.9. The van der Waals surface area contributed by atoms with Gasteiger partial charge < -0.3 is 15.4 Å². The lowest BCUT2D eigenvalue weighted by molar-refractivity contribution is -0.120. The van der Waals surface area contributed by atoms with E-state index in [4.69, 9.17) is 10.5 Å². The van der Waals surface area contributed by atoms with Crippen molar-refractivity contribution in [2.24, 2.45) is 0 Å². The summed E-state index contributed by atoms with van der Waals surface area (Å²) >= 11 is 0. The summed E-state index contributed by atoms with van der Waals surface area (Å²) in [6.07, 6.45) is 0. The third-order valence-electron chi connectivity index (χ3n) is 3.19. The zero-order chi connectivity index (χ0) is 15.4. The van der Waals surface area contributed by atoms with Gasteiger partial charge in [-0.3, -0.25) is 4.79 Å². The molecule has 4 nitrogen and oxygen atoms in total. The molecule has 2 N–H and O–H groups in total. The molecule has 0 bridgehead atoms. The number of carbonyl (C=O) groups excluding carboxylic acids is 1. The van der Waals surface area contributed by atoms with Crippen LogP contribution in [0, 0.1) is 13.8 Å². The summed E-state index contributed by atoms with van der Waals surface area (Å²) in [4.78, 5) is 13.8. The standard InChI is InChI=1S/C17H20N2O2/c1-12-7-13(2)9-15(8-12)19(3)17(20)11-21-16-6-4-5-14(18)10-16/h4-10H,11,18H2,1-3H3. The molecule has 2 rings (SSSR count). The van der Waals surface area contributed by atoms with Crippen LogP contribution < -0.4 is 15.4 Å². The fourth-order valence-corrected chi connectivity index (χ4v) is 2.13. The van der Waals surface area contributed by atoms with Crippen LogP contribution in [0.15, 0.2) is 42.5 Å². The van der Waals surface area contributed by atoms with Gasteiger partial charge in [0.1, 0.15) is 5.75 Å². The van der Waals surface area contributed by atoms with Gasteiger partial charge in [-0.1, -0.05) is 12.1 Å². The van der Waals surface area contributed by atoms with Gasteiger partial charge in [-0.25, -0.2) is 0 Å². The van der Waals surface area contributed by atoms with Gasteiger partial charge in [-0.05, 0) is 49.2 Å². The molecule has 0 spiro atoms. The molecule has 2 aromatic rings. The van der Waals surface area contributed by atoms with Gasteiger partial charge >= 0.3 is 0 Å². The van der Waals surface area contributed by atoms with Crippen LogP contribution in [0.3, 0.4) is 0 Å². The summed E-state index contributed by atoms with van der Waals surface area (Å²) in [7, 11) is 1.75. The van der Waals surface area contributed by atoms with Crippen molar-refractivity contribution in [1.29, 1.82) is 0 Å². The number of nitrogens with two attached hydrogens (primary N) is 1. The molecule has 0 aliphatic carbocycles. The number of nitrogen functional groups attached to an aromatic ring is 1. The minimum Gasteiger partial charge on any atom is -0.484 e. The highest BCUT2D eigenvalue weighted by Crippen LogP contribution is 2.18. The maximum Gasteiger partial charge on any atom is 0.264 e. The van der Waals surface area contributed by atoms with Gasteiger partial charge in [0.2, 0.25) is 0 Å². The second kappa shape index (κ2) is 6.31. The van der Waals surface area contributed by atoms with E-state index >= 15 is 0 Å². The minimum atomic E-state index is -0.109. The average molecular weight is 284 g/mol. The largest absolute Gasteiger partial charge is 0.484 e. The summed E-state index contributed by atoms with van der Waals surface area (Å²) in [6.45, 7) is 4.00. The van der Waals surface area contributed by atoms with Gasteiger partial charge in [0.15, 0.2) is 6.61 Å². The van der Waals surface area contributed by atoms with Crippen molar-refractivity contribution in [3.05, 3.63) is 53.6 Å². The maximum absolute atomic E-state index is 12.2. The third kappa shape index (κ3) is 3.99. The number of amides is 1. The second-order valence-corrected chi connectivity index (χ2v) is 5.16. The number of nitrogens with zero attached hydrogens (tertiary/aromatic N) is 1. The number of carbonyl (C=O) groups is 1. The quantitative estimate of drug-likeness (QED) is 0.878. The number of hydrogen-bond donors (Lipinski definition) is 1. The minimum absolute atomic E-state index is 0.0209. The highest BCUT2D eigenvalue weighted by molar-refractivity contribution is 5.94. The first-order chi connectivity index (χ1) is 9.95. The van der Waals surface area contributed by atoms with E-state index in [0.717, 1.165) is 16.8 Å². The molecule has 0 radical (unpaired) electrons. The summed E-state index contributed by atoms with van der Waals surface area (Å²) in [5.74, 6) is 0.486. The monoisotopic (exact) mass is 284 g/mol. The summed E-state index contributed by atoms with van der Waals surface area (Å²) < 4.78 is 5.48. The fourth-order valence-electron chi connectivity index (χ4n) is 2.13. The first-order valence-corrected chi connectivity index (χ1v) is 6.79. The summed E-state index contributed by atoms with van der Waals surface area (Å²) in [5, 5.41) is 0. The Morgan fingerprint density at radius 3 is 2.43 bits per heavy atom. The maximum atomic E-state index is 12.2. The Morgan fingerprint density at radius 1 is 1.14 bits per heavy atom. The molecular weight excluding hydrogens is 264 g/mol. The second-order valence-electron chi connectivity index (χ2n) is 5.16. The van der Waals surface area contributed by atoms with Crippen molar-refractivity contribution in [1.82, 2.24) is 0 Å². The van der Waals surface area contributed by atoms with Crippen LogP contribution >= 0.6 is 0 Å². The Hall–Kier alpha value is -2.49. The van der Waals surface area contributed by atoms with E-state index in [1.165, 1.54) is 0 Å². The van der Waals surface area contributed by atoms with Gasteiger partial charge in [-0.15, -0.1) is 0 Å². The van der Waals surface area contributed by atoms with E-state index in [9.17, 15) is 4.79 Å². The summed E-state index contributed by atoms with van der Waals surface area (Å²) in [5.41, 5.74) is 9.41. The molecule has 0 aliphatic rings. The zero-order valence-electron chi connectivity index (χ0n) is 12.6. The molecular formula is C17H20N2O2. The third-order valence-corrected chi connectivity index (χ3v) is 3.19.